The summed E-state index contributed by atoms with van der Waals surface area (Å²) in [7, 11) is 0. The Morgan fingerprint density at radius 2 is 1.77 bits per heavy atom. The first-order valence-corrected chi connectivity index (χ1v) is 7.44. The minimum Gasteiger partial charge on any atom is -0.508 e. The molecular weight excluding hydrogens is 274 g/mol. The lowest BCUT2D eigenvalue weighted by molar-refractivity contribution is -0.116. The molecule has 0 saturated carbocycles. The number of nitrogens with one attached hydrogen (secondary N) is 1. The number of allylic oxidation sites excluding steroid dienone is 1. The predicted octanol–water partition coefficient (Wildman–Crippen LogP) is 3.54. The molecule has 2 N–H and O–H groups in total. The van der Waals surface area contributed by atoms with Crippen molar-refractivity contribution in [3.63, 3.8) is 0 Å². The van der Waals surface area contributed by atoms with Gasteiger partial charge in [0.15, 0.2) is 0 Å². The van der Waals surface area contributed by atoms with Crippen LogP contribution >= 0.6 is 0 Å². The Hall–Kier alpha value is -2.55. The maximum atomic E-state index is 11.9. The molecule has 0 radical (unpaired) electrons. The van der Waals surface area contributed by atoms with Crippen LogP contribution in [0.3, 0.4) is 0 Å². The Labute approximate surface area is 131 Å². The summed E-state index contributed by atoms with van der Waals surface area (Å²) in [6, 6.07) is 17.0. The summed E-state index contributed by atoms with van der Waals surface area (Å²) in [6.07, 6.45) is 3.38. The molecule has 0 bridgehead atoms. The van der Waals surface area contributed by atoms with Crippen LogP contribution in [0.4, 0.5) is 0 Å². The van der Waals surface area contributed by atoms with E-state index in [2.05, 4.69) is 5.32 Å². The molecule has 1 amide bonds. The molecule has 0 aliphatic heterocycles. The number of amides is 1. The Kier molecular flexibility index (Phi) is 5.78. The number of rotatable bonds is 6. The summed E-state index contributed by atoms with van der Waals surface area (Å²) < 4.78 is 0. The van der Waals surface area contributed by atoms with Gasteiger partial charge >= 0.3 is 0 Å². The molecule has 0 heterocycles. The lowest BCUT2D eigenvalue weighted by atomic mass is 10.1. The maximum absolute atomic E-state index is 11.9. The van der Waals surface area contributed by atoms with Crippen LogP contribution in [0.15, 0.2) is 60.7 Å². The van der Waals surface area contributed by atoms with Crippen molar-refractivity contribution in [1.29, 1.82) is 0 Å². The largest absolute Gasteiger partial charge is 0.508 e. The minimum absolute atomic E-state index is 0.0629. The van der Waals surface area contributed by atoms with E-state index in [1.54, 1.807) is 18.2 Å². The Morgan fingerprint density at radius 3 is 2.45 bits per heavy atom. The Morgan fingerprint density at radius 1 is 1.09 bits per heavy atom. The molecule has 2 rings (SSSR count). The first kappa shape index (κ1) is 15.8. The Bertz CT molecular complexity index is 630. The van der Waals surface area contributed by atoms with Gasteiger partial charge in [0, 0.05) is 12.6 Å². The van der Waals surface area contributed by atoms with Crippen molar-refractivity contribution in [2.24, 2.45) is 0 Å². The van der Waals surface area contributed by atoms with E-state index in [0.29, 0.717) is 6.54 Å². The van der Waals surface area contributed by atoms with Gasteiger partial charge < -0.3 is 10.4 Å². The number of aryl methyl sites for hydroxylation is 1. The molecule has 3 nitrogen and oxygen atoms in total. The SMILES string of the molecule is C/C(=C/C(=O)NCCCc1ccc(O)cc1)c1ccccc1. The number of phenolic OH excluding ortho intramolecular Hbond substituents is 1. The van der Waals surface area contributed by atoms with Crippen LogP contribution < -0.4 is 5.32 Å². The average Bonchev–Trinajstić information content (AvgIpc) is 2.54. The Balaban J connectivity index is 1.75. The smallest absolute Gasteiger partial charge is 0.244 e. The zero-order chi connectivity index (χ0) is 15.8. The molecule has 2 aromatic rings. The van der Waals surface area contributed by atoms with Gasteiger partial charge in [-0.1, -0.05) is 42.5 Å². The van der Waals surface area contributed by atoms with Gasteiger partial charge in [-0.25, -0.2) is 0 Å². The van der Waals surface area contributed by atoms with Gasteiger partial charge in [-0.3, -0.25) is 4.79 Å². The van der Waals surface area contributed by atoms with Crippen molar-refractivity contribution >= 4 is 11.5 Å². The highest BCUT2D eigenvalue weighted by Gasteiger charge is 2.00. The number of phenols is 1. The molecule has 0 fully saturated rings. The topological polar surface area (TPSA) is 49.3 Å². The van der Waals surface area contributed by atoms with Crippen molar-refractivity contribution in [3.05, 3.63) is 71.8 Å². The van der Waals surface area contributed by atoms with Crippen molar-refractivity contribution < 1.29 is 9.90 Å². The number of carbonyl (C=O) groups excluding carboxylic acids is 1. The highest BCUT2D eigenvalue weighted by atomic mass is 16.3. The number of carbonyl (C=O) groups is 1. The summed E-state index contributed by atoms with van der Waals surface area (Å²) >= 11 is 0. The second-order valence-corrected chi connectivity index (χ2v) is 5.25. The third kappa shape index (κ3) is 5.09. The van der Waals surface area contributed by atoms with E-state index in [-0.39, 0.29) is 11.7 Å². The quantitative estimate of drug-likeness (QED) is 0.632. The molecule has 0 aliphatic carbocycles. The summed E-state index contributed by atoms with van der Waals surface area (Å²) in [5.74, 6) is 0.214. The predicted molar refractivity (Wildman–Crippen MR) is 89.5 cm³/mol. The molecule has 0 aromatic heterocycles. The van der Waals surface area contributed by atoms with Gasteiger partial charge in [0.2, 0.25) is 5.91 Å². The van der Waals surface area contributed by atoms with Crippen LogP contribution in [0, 0.1) is 0 Å². The summed E-state index contributed by atoms with van der Waals surface area (Å²) in [4.78, 5) is 11.9. The third-order valence-corrected chi connectivity index (χ3v) is 3.45. The summed E-state index contributed by atoms with van der Waals surface area (Å²) in [5.41, 5.74) is 3.17. The van der Waals surface area contributed by atoms with E-state index in [1.807, 2.05) is 49.4 Å². The van der Waals surface area contributed by atoms with E-state index in [1.165, 1.54) is 0 Å². The molecule has 2 aromatic carbocycles. The standard InChI is InChI=1S/C19H21NO2/c1-15(17-7-3-2-4-8-17)14-19(22)20-13-5-6-16-9-11-18(21)12-10-16/h2-4,7-12,14,21H,5-6,13H2,1H3,(H,20,22)/b15-14-. The van der Waals surface area contributed by atoms with Crippen LogP contribution in [-0.2, 0) is 11.2 Å². The van der Waals surface area contributed by atoms with E-state index in [4.69, 9.17) is 0 Å². The second-order valence-electron chi connectivity index (χ2n) is 5.25. The van der Waals surface area contributed by atoms with Crippen molar-refractivity contribution in [2.75, 3.05) is 6.54 Å². The molecular formula is C19H21NO2. The van der Waals surface area contributed by atoms with Crippen molar-refractivity contribution in [2.45, 2.75) is 19.8 Å². The first-order chi connectivity index (χ1) is 10.6. The molecule has 0 atom stereocenters. The van der Waals surface area contributed by atoms with Crippen LogP contribution in [0.5, 0.6) is 5.75 Å². The van der Waals surface area contributed by atoms with Crippen LogP contribution in [0.2, 0.25) is 0 Å². The van der Waals surface area contributed by atoms with Crippen LogP contribution in [0.1, 0.15) is 24.5 Å². The van der Waals surface area contributed by atoms with Gasteiger partial charge in [0.05, 0.1) is 0 Å². The molecule has 0 spiro atoms. The van der Waals surface area contributed by atoms with Gasteiger partial charge in [0.1, 0.15) is 5.75 Å². The molecule has 22 heavy (non-hydrogen) atoms. The fourth-order valence-corrected chi connectivity index (χ4v) is 2.20. The highest BCUT2D eigenvalue weighted by molar-refractivity contribution is 5.94. The lowest BCUT2D eigenvalue weighted by Gasteiger charge is -2.05. The second kappa shape index (κ2) is 8.03. The molecule has 0 unspecified atom stereocenters. The zero-order valence-electron chi connectivity index (χ0n) is 12.8. The van der Waals surface area contributed by atoms with Crippen molar-refractivity contribution in [1.82, 2.24) is 5.32 Å². The highest BCUT2D eigenvalue weighted by Crippen LogP contribution is 2.12. The van der Waals surface area contributed by atoms with Crippen LogP contribution in [-0.4, -0.2) is 17.6 Å². The average molecular weight is 295 g/mol. The van der Waals surface area contributed by atoms with Gasteiger partial charge in [0.25, 0.3) is 0 Å². The van der Waals surface area contributed by atoms with E-state index < -0.39 is 0 Å². The summed E-state index contributed by atoms with van der Waals surface area (Å²) in [6.45, 7) is 2.57. The fraction of sp³-hybridized carbons (Fsp3) is 0.211. The number of hydrogen-bond acceptors (Lipinski definition) is 2. The third-order valence-electron chi connectivity index (χ3n) is 3.45. The molecule has 114 valence electrons. The molecule has 3 heteroatoms. The number of hydrogen-bond donors (Lipinski definition) is 2. The van der Waals surface area contributed by atoms with E-state index >= 15 is 0 Å². The molecule has 0 saturated heterocycles. The number of aromatic hydroxyl groups is 1. The number of benzene rings is 2. The lowest BCUT2D eigenvalue weighted by Crippen LogP contribution is -2.22. The molecule has 0 aliphatic rings. The van der Waals surface area contributed by atoms with Gasteiger partial charge in [-0.15, -0.1) is 0 Å². The van der Waals surface area contributed by atoms with Gasteiger partial charge in [-0.05, 0) is 48.6 Å². The zero-order valence-corrected chi connectivity index (χ0v) is 12.8. The normalized spacial score (nSPS) is 11.2. The van der Waals surface area contributed by atoms with E-state index in [9.17, 15) is 9.90 Å². The van der Waals surface area contributed by atoms with Crippen molar-refractivity contribution in [3.8, 4) is 5.75 Å². The minimum atomic E-state index is -0.0629. The monoisotopic (exact) mass is 295 g/mol. The maximum Gasteiger partial charge on any atom is 0.244 e. The fourth-order valence-electron chi connectivity index (χ4n) is 2.20. The summed E-state index contributed by atoms with van der Waals surface area (Å²) in [5, 5.41) is 12.1. The van der Waals surface area contributed by atoms with Gasteiger partial charge in [-0.2, -0.15) is 0 Å². The van der Waals surface area contributed by atoms with E-state index in [0.717, 1.165) is 29.5 Å². The van der Waals surface area contributed by atoms with Crippen LogP contribution in [0.25, 0.3) is 5.57 Å². The first-order valence-electron chi connectivity index (χ1n) is 7.44.